The second-order valence-corrected chi connectivity index (χ2v) is 7.65. The average Bonchev–Trinajstić information content (AvgIpc) is 2.62. The summed E-state index contributed by atoms with van der Waals surface area (Å²) in [5.74, 6) is 0. The number of hydrogen-bond donors (Lipinski definition) is 2. The van der Waals surface area contributed by atoms with Crippen molar-refractivity contribution in [2.24, 2.45) is 5.16 Å². The topological polar surface area (TPSA) is 62.1 Å². The van der Waals surface area contributed by atoms with E-state index in [1.165, 1.54) is 0 Å². The first-order valence-electron chi connectivity index (χ1n) is 8.42. The normalized spacial score (nSPS) is 24.3. The smallest absolute Gasteiger partial charge is 0.0943 e. The van der Waals surface area contributed by atoms with Gasteiger partial charge in [-0.05, 0) is 49.2 Å². The van der Waals surface area contributed by atoms with E-state index in [9.17, 15) is 5.11 Å². The van der Waals surface area contributed by atoms with Crippen LogP contribution in [0.2, 0.25) is 0 Å². The molecule has 3 rings (SSSR count). The molecule has 0 aliphatic carbocycles. The molecular weight excluding hydrogens is 334 g/mol. The van der Waals surface area contributed by atoms with Gasteiger partial charge in [0.05, 0.1) is 24.0 Å². The van der Waals surface area contributed by atoms with Crippen LogP contribution in [0.15, 0.2) is 63.5 Å². The van der Waals surface area contributed by atoms with Crippen LogP contribution in [-0.4, -0.2) is 28.7 Å². The van der Waals surface area contributed by atoms with Gasteiger partial charge in [-0.15, -0.1) is 0 Å². The molecule has 132 valence electrons. The Hall–Kier alpha value is -1.82. The first-order valence-corrected chi connectivity index (χ1v) is 9.23. The molecule has 1 heterocycles. The van der Waals surface area contributed by atoms with Gasteiger partial charge in [0.25, 0.3) is 0 Å². The molecule has 5 heteroatoms. The van der Waals surface area contributed by atoms with Crippen molar-refractivity contribution < 1.29 is 15.1 Å². The van der Waals surface area contributed by atoms with E-state index in [4.69, 9.17) is 9.94 Å². The van der Waals surface area contributed by atoms with Gasteiger partial charge in [0, 0.05) is 22.6 Å². The van der Waals surface area contributed by atoms with Crippen LogP contribution in [-0.2, 0) is 10.3 Å². The highest BCUT2D eigenvalue weighted by atomic mass is 32.2. The van der Waals surface area contributed by atoms with Gasteiger partial charge in [-0.2, -0.15) is 0 Å². The van der Waals surface area contributed by atoms with E-state index in [1.54, 1.807) is 18.7 Å². The van der Waals surface area contributed by atoms with E-state index >= 15 is 0 Å². The molecule has 1 saturated heterocycles. The second kappa shape index (κ2) is 7.60. The molecule has 0 radical (unpaired) electrons. The predicted molar refractivity (Wildman–Crippen MR) is 99.5 cm³/mol. The van der Waals surface area contributed by atoms with Crippen LogP contribution in [0.5, 0.6) is 0 Å². The fourth-order valence-electron chi connectivity index (χ4n) is 3.13. The third-order valence-corrected chi connectivity index (χ3v) is 5.57. The Morgan fingerprint density at radius 3 is 2.64 bits per heavy atom. The third-order valence-electron chi connectivity index (χ3n) is 4.57. The van der Waals surface area contributed by atoms with Gasteiger partial charge in [0.2, 0.25) is 0 Å². The first kappa shape index (κ1) is 18.0. The maximum Gasteiger partial charge on any atom is 0.0943 e. The summed E-state index contributed by atoms with van der Waals surface area (Å²) in [6.07, 6.45) is 1.31. The molecule has 0 spiro atoms. The summed E-state index contributed by atoms with van der Waals surface area (Å²) in [5, 5.41) is 23.1. The van der Waals surface area contributed by atoms with Crippen LogP contribution in [0.25, 0.3) is 0 Å². The van der Waals surface area contributed by atoms with Crippen LogP contribution in [0, 0.1) is 0 Å². The van der Waals surface area contributed by atoms with Crippen molar-refractivity contribution in [3.8, 4) is 0 Å². The summed E-state index contributed by atoms with van der Waals surface area (Å²) in [5.41, 5.74) is 1.63. The number of hydrogen-bond acceptors (Lipinski definition) is 5. The Kier molecular flexibility index (Phi) is 5.47. The van der Waals surface area contributed by atoms with E-state index in [0.717, 1.165) is 20.9 Å². The largest absolute Gasteiger partial charge is 0.411 e. The van der Waals surface area contributed by atoms with E-state index in [1.807, 2.05) is 43.3 Å². The van der Waals surface area contributed by atoms with Crippen molar-refractivity contribution in [2.45, 2.75) is 48.2 Å². The molecular formula is C20H23NO3S. The molecule has 1 aliphatic rings. The molecule has 0 aromatic heterocycles. The quantitative estimate of drug-likeness (QED) is 0.483. The Morgan fingerprint density at radius 1 is 1.20 bits per heavy atom. The van der Waals surface area contributed by atoms with Crippen LogP contribution in [0.4, 0.5) is 0 Å². The minimum Gasteiger partial charge on any atom is -0.411 e. The van der Waals surface area contributed by atoms with Crippen molar-refractivity contribution in [3.63, 3.8) is 0 Å². The highest BCUT2D eigenvalue weighted by Gasteiger charge is 2.35. The molecule has 4 nitrogen and oxygen atoms in total. The number of ether oxygens (including phenoxy) is 1. The van der Waals surface area contributed by atoms with Gasteiger partial charge in [-0.1, -0.05) is 41.2 Å². The summed E-state index contributed by atoms with van der Waals surface area (Å²) in [4.78, 5) is 2.18. The second-order valence-electron chi connectivity index (χ2n) is 6.51. The van der Waals surface area contributed by atoms with Crippen LogP contribution in [0.1, 0.15) is 37.8 Å². The van der Waals surface area contributed by atoms with Gasteiger partial charge in [0.1, 0.15) is 0 Å². The molecule has 1 fully saturated rings. The molecule has 2 aromatic rings. The Balaban J connectivity index is 1.78. The molecule has 0 saturated carbocycles. The summed E-state index contributed by atoms with van der Waals surface area (Å²) in [6, 6.07) is 16.0. The fourth-order valence-corrected chi connectivity index (χ4v) is 4.01. The third kappa shape index (κ3) is 4.24. The number of benzene rings is 2. The molecule has 25 heavy (non-hydrogen) atoms. The molecule has 1 aliphatic heterocycles. The minimum absolute atomic E-state index is 0.0685. The molecule has 0 unspecified atom stereocenters. The summed E-state index contributed by atoms with van der Waals surface area (Å²) >= 11 is 1.65. The summed E-state index contributed by atoms with van der Waals surface area (Å²) in [6.45, 7) is 4.35. The van der Waals surface area contributed by atoms with Crippen LogP contribution in [0.3, 0.4) is 0 Å². The minimum atomic E-state index is -0.813. The van der Waals surface area contributed by atoms with Crippen LogP contribution < -0.4 is 0 Å². The van der Waals surface area contributed by atoms with Gasteiger partial charge in [-0.3, -0.25) is 0 Å². The van der Waals surface area contributed by atoms with E-state index in [-0.39, 0.29) is 6.10 Å². The Bertz CT molecular complexity index is 760. The number of aliphatic hydroxyl groups is 1. The summed E-state index contributed by atoms with van der Waals surface area (Å²) < 4.78 is 5.57. The number of oxime groups is 1. The summed E-state index contributed by atoms with van der Waals surface area (Å²) in [7, 11) is 0. The van der Waals surface area contributed by atoms with E-state index in [2.05, 4.69) is 17.3 Å². The maximum atomic E-state index is 11.0. The van der Waals surface area contributed by atoms with Gasteiger partial charge in [-0.25, -0.2) is 0 Å². The first-order chi connectivity index (χ1) is 12.0. The lowest BCUT2D eigenvalue weighted by Gasteiger charge is -2.36. The lowest BCUT2D eigenvalue weighted by atomic mass is 9.84. The van der Waals surface area contributed by atoms with E-state index in [0.29, 0.717) is 25.2 Å². The average molecular weight is 357 g/mol. The van der Waals surface area contributed by atoms with Crippen LogP contribution >= 0.6 is 11.8 Å². The lowest BCUT2D eigenvalue weighted by Crippen LogP contribution is -2.37. The highest BCUT2D eigenvalue weighted by molar-refractivity contribution is 7.99. The zero-order valence-corrected chi connectivity index (χ0v) is 15.3. The molecule has 2 N–H and O–H groups in total. The monoisotopic (exact) mass is 357 g/mol. The number of rotatable bonds is 4. The number of nitrogens with zero attached hydrogens (tertiary/aromatic N) is 1. The fraction of sp³-hybridized carbons (Fsp3) is 0.350. The van der Waals surface area contributed by atoms with Gasteiger partial charge >= 0.3 is 0 Å². The van der Waals surface area contributed by atoms with Gasteiger partial charge < -0.3 is 15.1 Å². The van der Waals surface area contributed by atoms with Gasteiger partial charge in [0.15, 0.2) is 0 Å². The SMILES string of the molecule is C/C(=N/O)c1ccc(Sc2cccc([C@]3(O)CCO[C@@H](C)C3)c2)cc1. The van der Waals surface area contributed by atoms with Crippen molar-refractivity contribution in [1.29, 1.82) is 0 Å². The zero-order valence-electron chi connectivity index (χ0n) is 14.5. The van der Waals surface area contributed by atoms with Crippen molar-refractivity contribution in [2.75, 3.05) is 6.61 Å². The van der Waals surface area contributed by atoms with Crippen molar-refractivity contribution in [3.05, 3.63) is 59.7 Å². The van der Waals surface area contributed by atoms with Crippen molar-refractivity contribution in [1.82, 2.24) is 0 Å². The molecule has 2 atom stereocenters. The molecule has 2 aromatic carbocycles. The lowest BCUT2D eigenvalue weighted by molar-refractivity contribution is -0.101. The Labute approximate surface area is 152 Å². The Morgan fingerprint density at radius 2 is 1.96 bits per heavy atom. The van der Waals surface area contributed by atoms with E-state index < -0.39 is 5.60 Å². The predicted octanol–water partition coefficient (Wildman–Crippen LogP) is 4.42. The molecule has 0 amide bonds. The standard InChI is InChI=1S/C20H23NO3S/c1-14-13-20(22,10-11-24-14)17-4-3-5-19(12-17)25-18-8-6-16(7-9-18)15(2)21-23/h3-9,12,14,22-23H,10-11,13H2,1-2H3/b21-15-/t14-,20-/m0/s1. The van der Waals surface area contributed by atoms with Crippen molar-refractivity contribution >= 4 is 17.5 Å². The maximum absolute atomic E-state index is 11.0. The molecule has 0 bridgehead atoms. The zero-order chi connectivity index (χ0) is 17.9. The highest BCUT2D eigenvalue weighted by Crippen LogP contribution is 2.37.